The highest BCUT2D eigenvalue weighted by molar-refractivity contribution is 5.13. The van der Waals surface area contributed by atoms with Gasteiger partial charge < -0.3 is 5.32 Å². The molecular formula is C14H24N2. The molecule has 90 valence electrons. The Hall–Kier alpha value is -0.890. The summed E-state index contributed by atoms with van der Waals surface area (Å²) in [5, 5.41) is 3.53. The van der Waals surface area contributed by atoms with E-state index < -0.39 is 0 Å². The first-order chi connectivity index (χ1) is 7.37. The van der Waals surface area contributed by atoms with Crippen LogP contribution in [0.3, 0.4) is 0 Å². The van der Waals surface area contributed by atoms with E-state index in [1.807, 2.05) is 13.1 Å². The summed E-state index contributed by atoms with van der Waals surface area (Å²) in [6.07, 6.45) is 3.08. The number of aromatic nitrogens is 1. The van der Waals surface area contributed by atoms with E-state index in [1.54, 1.807) is 0 Å². The van der Waals surface area contributed by atoms with Crippen LogP contribution in [0, 0.1) is 12.8 Å². The molecule has 16 heavy (non-hydrogen) atoms. The van der Waals surface area contributed by atoms with Crippen LogP contribution in [0.25, 0.3) is 0 Å². The van der Waals surface area contributed by atoms with Crippen molar-refractivity contribution >= 4 is 0 Å². The molecule has 1 N–H and O–H groups in total. The fraction of sp³-hybridized carbons (Fsp3) is 0.643. The zero-order valence-electron chi connectivity index (χ0n) is 11.2. The summed E-state index contributed by atoms with van der Waals surface area (Å²) in [5.41, 5.74) is 2.62. The minimum absolute atomic E-state index is 0.208. The second kappa shape index (κ2) is 5.44. The van der Waals surface area contributed by atoms with Crippen molar-refractivity contribution < 1.29 is 0 Å². The van der Waals surface area contributed by atoms with Crippen LogP contribution in [-0.4, -0.2) is 17.1 Å². The summed E-state index contributed by atoms with van der Waals surface area (Å²) in [4.78, 5) is 4.32. The van der Waals surface area contributed by atoms with E-state index in [9.17, 15) is 0 Å². The van der Waals surface area contributed by atoms with Crippen molar-refractivity contribution in [3.63, 3.8) is 0 Å². The standard InChI is InChI=1S/C14H24N2/c1-11(9-16-14(3,4)5)8-13-7-6-12(2)15-10-13/h6-7,10-11,16H,8-9H2,1-5H3. The molecule has 0 amide bonds. The number of nitrogens with zero attached hydrogens (tertiary/aromatic N) is 1. The van der Waals surface area contributed by atoms with Crippen LogP contribution in [0.2, 0.25) is 0 Å². The average molecular weight is 220 g/mol. The molecule has 0 saturated carbocycles. The Labute approximate surface area is 99.5 Å². The molecule has 1 unspecified atom stereocenters. The quantitative estimate of drug-likeness (QED) is 0.844. The molecule has 2 heteroatoms. The van der Waals surface area contributed by atoms with Gasteiger partial charge >= 0.3 is 0 Å². The molecule has 0 saturated heterocycles. The lowest BCUT2D eigenvalue weighted by atomic mass is 10.0. The lowest BCUT2D eigenvalue weighted by Crippen LogP contribution is -2.39. The van der Waals surface area contributed by atoms with E-state index >= 15 is 0 Å². The lowest BCUT2D eigenvalue weighted by molar-refractivity contribution is 0.381. The molecule has 0 fully saturated rings. The number of rotatable bonds is 4. The van der Waals surface area contributed by atoms with Crippen molar-refractivity contribution in [3.05, 3.63) is 29.6 Å². The first-order valence-corrected chi connectivity index (χ1v) is 6.03. The van der Waals surface area contributed by atoms with Gasteiger partial charge in [-0.15, -0.1) is 0 Å². The monoisotopic (exact) mass is 220 g/mol. The molecule has 1 heterocycles. The Morgan fingerprint density at radius 3 is 2.50 bits per heavy atom. The van der Waals surface area contributed by atoms with Gasteiger partial charge in [0, 0.05) is 17.4 Å². The van der Waals surface area contributed by atoms with Crippen molar-refractivity contribution in [2.45, 2.75) is 46.6 Å². The van der Waals surface area contributed by atoms with Gasteiger partial charge in [-0.3, -0.25) is 4.98 Å². The fourth-order valence-corrected chi connectivity index (χ4v) is 1.57. The van der Waals surface area contributed by atoms with Crippen LogP contribution in [-0.2, 0) is 6.42 Å². The predicted molar refractivity (Wildman–Crippen MR) is 69.6 cm³/mol. The highest BCUT2D eigenvalue weighted by Crippen LogP contribution is 2.09. The number of pyridine rings is 1. The van der Waals surface area contributed by atoms with E-state index in [-0.39, 0.29) is 5.54 Å². The molecule has 1 aromatic heterocycles. The molecule has 2 nitrogen and oxygen atoms in total. The van der Waals surface area contributed by atoms with Gasteiger partial charge in [-0.1, -0.05) is 13.0 Å². The van der Waals surface area contributed by atoms with Gasteiger partial charge in [0.1, 0.15) is 0 Å². The molecule has 0 aromatic carbocycles. The fourth-order valence-electron chi connectivity index (χ4n) is 1.57. The maximum Gasteiger partial charge on any atom is 0.0372 e. The molecule has 1 atom stereocenters. The number of hydrogen-bond acceptors (Lipinski definition) is 2. The maximum atomic E-state index is 4.32. The molecule has 0 aliphatic heterocycles. The Morgan fingerprint density at radius 1 is 1.31 bits per heavy atom. The van der Waals surface area contributed by atoms with Crippen LogP contribution in [0.1, 0.15) is 39.0 Å². The highest BCUT2D eigenvalue weighted by atomic mass is 14.9. The van der Waals surface area contributed by atoms with Gasteiger partial charge in [-0.05, 0) is 58.2 Å². The van der Waals surface area contributed by atoms with Crippen LogP contribution >= 0.6 is 0 Å². The Bertz CT molecular complexity index is 309. The van der Waals surface area contributed by atoms with Crippen LogP contribution in [0.5, 0.6) is 0 Å². The van der Waals surface area contributed by atoms with Crippen molar-refractivity contribution in [1.82, 2.24) is 10.3 Å². The Kier molecular flexibility index (Phi) is 4.48. The first-order valence-electron chi connectivity index (χ1n) is 6.03. The average Bonchev–Trinajstić information content (AvgIpc) is 2.18. The zero-order valence-corrected chi connectivity index (χ0v) is 11.2. The largest absolute Gasteiger partial charge is 0.312 e. The zero-order chi connectivity index (χ0) is 12.2. The predicted octanol–water partition coefficient (Wildman–Crippen LogP) is 2.96. The third-order valence-corrected chi connectivity index (χ3v) is 2.54. The van der Waals surface area contributed by atoms with Crippen molar-refractivity contribution in [3.8, 4) is 0 Å². The smallest absolute Gasteiger partial charge is 0.0372 e. The number of aryl methyl sites for hydroxylation is 1. The van der Waals surface area contributed by atoms with Crippen molar-refractivity contribution in [2.24, 2.45) is 5.92 Å². The summed E-state index contributed by atoms with van der Waals surface area (Å²) in [5.74, 6) is 0.642. The van der Waals surface area contributed by atoms with E-state index in [4.69, 9.17) is 0 Å². The van der Waals surface area contributed by atoms with Gasteiger partial charge in [-0.2, -0.15) is 0 Å². The molecular weight excluding hydrogens is 196 g/mol. The SMILES string of the molecule is Cc1ccc(CC(C)CNC(C)(C)C)cn1. The summed E-state index contributed by atoms with van der Waals surface area (Å²) in [6.45, 7) is 12.0. The van der Waals surface area contributed by atoms with Crippen molar-refractivity contribution in [1.29, 1.82) is 0 Å². The molecule has 0 bridgehead atoms. The minimum Gasteiger partial charge on any atom is -0.312 e. The van der Waals surface area contributed by atoms with E-state index in [0.717, 1.165) is 18.7 Å². The second-order valence-electron chi connectivity index (χ2n) is 5.75. The normalized spacial score (nSPS) is 13.8. The maximum absolute atomic E-state index is 4.32. The topological polar surface area (TPSA) is 24.9 Å². The molecule has 0 aliphatic rings. The Balaban J connectivity index is 2.39. The van der Waals surface area contributed by atoms with Gasteiger partial charge in [0.05, 0.1) is 0 Å². The summed E-state index contributed by atoms with van der Waals surface area (Å²) in [7, 11) is 0. The number of hydrogen-bond donors (Lipinski definition) is 1. The van der Waals surface area contributed by atoms with Crippen LogP contribution in [0.4, 0.5) is 0 Å². The molecule has 0 aliphatic carbocycles. The molecule has 0 radical (unpaired) electrons. The third kappa shape index (κ3) is 5.26. The number of nitrogens with one attached hydrogen (secondary N) is 1. The van der Waals surface area contributed by atoms with Gasteiger partial charge in [0.25, 0.3) is 0 Å². The van der Waals surface area contributed by atoms with Gasteiger partial charge in [0.2, 0.25) is 0 Å². The summed E-state index contributed by atoms with van der Waals surface area (Å²) < 4.78 is 0. The van der Waals surface area contributed by atoms with E-state index in [2.05, 4.69) is 50.1 Å². The molecule has 1 rings (SSSR count). The first kappa shape index (κ1) is 13.2. The van der Waals surface area contributed by atoms with Crippen LogP contribution < -0.4 is 5.32 Å². The van der Waals surface area contributed by atoms with Crippen molar-refractivity contribution in [2.75, 3.05) is 6.54 Å². The Morgan fingerprint density at radius 2 is 2.00 bits per heavy atom. The van der Waals surface area contributed by atoms with Gasteiger partial charge in [-0.25, -0.2) is 0 Å². The van der Waals surface area contributed by atoms with E-state index in [1.165, 1.54) is 5.56 Å². The van der Waals surface area contributed by atoms with Gasteiger partial charge in [0.15, 0.2) is 0 Å². The lowest BCUT2D eigenvalue weighted by Gasteiger charge is -2.23. The molecule has 0 spiro atoms. The third-order valence-electron chi connectivity index (χ3n) is 2.54. The highest BCUT2D eigenvalue weighted by Gasteiger charge is 2.11. The van der Waals surface area contributed by atoms with Crippen LogP contribution in [0.15, 0.2) is 18.3 Å². The summed E-state index contributed by atoms with van der Waals surface area (Å²) >= 11 is 0. The van der Waals surface area contributed by atoms with E-state index in [0.29, 0.717) is 5.92 Å². The second-order valence-corrected chi connectivity index (χ2v) is 5.75. The summed E-state index contributed by atoms with van der Waals surface area (Å²) in [6, 6.07) is 4.26. The minimum atomic E-state index is 0.208. The molecule has 1 aromatic rings.